The third-order valence-corrected chi connectivity index (χ3v) is 5.14. The molecule has 0 aliphatic heterocycles. The molecule has 0 radical (unpaired) electrons. The van der Waals surface area contributed by atoms with E-state index >= 15 is 0 Å². The van der Waals surface area contributed by atoms with E-state index in [0.29, 0.717) is 18.6 Å². The fraction of sp³-hybridized carbons (Fsp3) is 0.538. The number of hydrogen-bond acceptors (Lipinski definition) is 4. The van der Waals surface area contributed by atoms with E-state index in [9.17, 15) is 14.7 Å². The number of carboxylic acid groups (broad SMARTS) is 1. The van der Waals surface area contributed by atoms with E-state index in [1.807, 2.05) is 19.1 Å². The van der Waals surface area contributed by atoms with Crippen molar-refractivity contribution in [1.82, 2.24) is 5.32 Å². The highest BCUT2D eigenvalue weighted by Gasteiger charge is 2.33. The lowest BCUT2D eigenvalue weighted by molar-refractivity contribution is -0.146. The molecular weight excluding hydrogens is 318 g/mol. The first-order valence-corrected chi connectivity index (χ1v) is 8.58. The molecule has 0 spiro atoms. The number of thiophene rings is 1. The Morgan fingerprint density at radius 3 is 2.70 bits per heavy atom. The summed E-state index contributed by atoms with van der Waals surface area (Å²) in [5.74, 6) is -0.316. The summed E-state index contributed by atoms with van der Waals surface area (Å²) in [5.41, 5.74) is -1.18. The summed E-state index contributed by atoms with van der Waals surface area (Å²) >= 11 is 8.75. The Morgan fingerprint density at radius 1 is 1.50 bits per heavy atom. The van der Waals surface area contributed by atoms with E-state index in [2.05, 4.69) is 5.32 Å². The number of halogens is 1. The normalized spacial score (nSPS) is 13.8. The van der Waals surface area contributed by atoms with Crippen LogP contribution in [-0.2, 0) is 15.3 Å². The molecule has 0 saturated heterocycles. The number of thioether (sulfide) groups is 1. The standard InChI is InChI=1S/C13H18ClNO3S2/c1-3-6-13(2,12(17)18)15-11(16)8-19-7-9-4-5-10(14)20-9/h4-5H,3,6-8H2,1-2H3,(H,15,16)(H,17,18). The zero-order valence-corrected chi connectivity index (χ0v) is 13.8. The molecule has 4 nitrogen and oxygen atoms in total. The summed E-state index contributed by atoms with van der Waals surface area (Å²) in [6, 6.07) is 3.75. The molecule has 0 saturated carbocycles. The van der Waals surface area contributed by atoms with Gasteiger partial charge in [-0.1, -0.05) is 24.9 Å². The molecule has 1 unspecified atom stereocenters. The number of carbonyl (C=O) groups excluding carboxylic acids is 1. The SMILES string of the molecule is CCCC(C)(NC(=O)CSCc1ccc(Cl)s1)C(=O)O. The van der Waals surface area contributed by atoms with Crippen LogP contribution in [0, 0.1) is 0 Å². The maximum atomic E-state index is 11.8. The molecule has 0 aliphatic carbocycles. The van der Waals surface area contributed by atoms with Crippen molar-refractivity contribution in [2.75, 3.05) is 5.75 Å². The molecule has 1 aromatic rings. The third kappa shape index (κ3) is 5.34. The molecule has 2 N–H and O–H groups in total. The predicted molar refractivity (Wildman–Crippen MR) is 84.6 cm³/mol. The minimum Gasteiger partial charge on any atom is -0.480 e. The highest BCUT2D eigenvalue weighted by atomic mass is 35.5. The van der Waals surface area contributed by atoms with Crippen LogP contribution in [0.3, 0.4) is 0 Å². The van der Waals surface area contributed by atoms with Crippen LogP contribution in [0.5, 0.6) is 0 Å². The second-order valence-electron chi connectivity index (χ2n) is 4.63. The van der Waals surface area contributed by atoms with E-state index in [-0.39, 0.29) is 11.7 Å². The Morgan fingerprint density at radius 2 is 2.20 bits per heavy atom. The van der Waals surface area contributed by atoms with Gasteiger partial charge in [0.25, 0.3) is 0 Å². The van der Waals surface area contributed by atoms with E-state index in [4.69, 9.17) is 11.6 Å². The quantitative estimate of drug-likeness (QED) is 0.764. The van der Waals surface area contributed by atoms with Gasteiger partial charge in [-0.2, -0.15) is 0 Å². The highest BCUT2D eigenvalue weighted by molar-refractivity contribution is 7.99. The number of aliphatic carboxylic acids is 1. The van der Waals surface area contributed by atoms with Crippen LogP contribution in [0.4, 0.5) is 0 Å². The molecule has 1 aromatic heterocycles. The van der Waals surface area contributed by atoms with Gasteiger partial charge in [-0.15, -0.1) is 23.1 Å². The molecule has 7 heteroatoms. The summed E-state index contributed by atoms with van der Waals surface area (Å²) in [6.07, 6.45) is 1.11. The van der Waals surface area contributed by atoms with Crippen molar-refractivity contribution in [1.29, 1.82) is 0 Å². The number of carbonyl (C=O) groups is 2. The highest BCUT2D eigenvalue weighted by Crippen LogP contribution is 2.25. The second kappa shape index (κ2) is 7.90. The minimum absolute atomic E-state index is 0.238. The molecule has 1 rings (SSSR count). The van der Waals surface area contributed by atoms with Crippen molar-refractivity contribution < 1.29 is 14.7 Å². The van der Waals surface area contributed by atoms with Crippen LogP contribution in [0.25, 0.3) is 0 Å². The van der Waals surface area contributed by atoms with Gasteiger partial charge >= 0.3 is 5.97 Å². The Labute approximate surface area is 131 Å². The molecule has 1 heterocycles. The van der Waals surface area contributed by atoms with E-state index in [1.165, 1.54) is 23.1 Å². The molecule has 112 valence electrons. The summed E-state index contributed by atoms with van der Waals surface area (Å²) < 4.78 is 0.728. The predicted octanol–water partition coefficient (Wildman–Crippen LogP) is 3.39. The first kappa shape index (κ1) is 17.3. The second-order valence-corrected chi connectivity index (χ2v) is 7.42. The van der Waals surface area contributed by atoms with E-state index in [1.54, 1.807) is 6.92 Å². The Hall–Kier alpha value is -0.720. The van der Waals surface area contributed by atoms with Gasteiger partial charge in [0.2, 0.25) is 5.91 Å². The lowest BCUT2D eigenvalue weighted by Crippen LogP contribution is -2.52. The monoisotopic (exact) mass is 335 g/mol. The van der Waals surface area contributed by atoms with Crippen molar-refractivity contribution in [3.8, 4) is 0 Å². The molecule has 0 bridgehead atoms. The van der Waals surface area contributed by atoms with Crippen molar-refractivity contribution >= 4 is 46.6 Å². The van der Waals surface area contributed by atoms with Crippen LogP contribution in [0.15, 0.2) is 12.1 Å². The molecule has 1 atom stereocenters. The Bertz CT molecular complexity index is 478. The van der Waals surface area contributed by atoms with Crippen LogP contribution < -0.4 is 5.32 Å². The zero-order chi connectivity index (χ0) is 15.2. The Balaban J connectivity index is 2.40. The number of rotatable bonds is 8. The number of nitrogens with one attached hydrogen (secondary N) is 1. The van der Waals surface area contributed by atoms with E-state index < -0.39 is 11.5 Å². The summed E-state index contributed by atoms with van der Waals surface area (Å²) in [6.45, 7) is 3.43. The first-order valence-electron chi connectivity index (χ1n) is 6.23. The minimum atomic E-state index is -1.18. The zero-order valence-electron chi connectivity index (χ0n) is 11.4. The van der Waals surface area contributed by atoms with Gasteiger partial charge in [-0.25, -0.2) is 4.79 Å². The number of carboxylic acids is 1. The maximum Gasteiger partial charge on any atom is 0.329 e. The summed E-state index contributed by atoms with van der Waals surface area (Å²) in [4.78, 5) is 24.1. The largest absolute Gasteiger partial charge is 0.480 e. The van der Waals surface area contributed by atoms with Gasteiger partial charge in [0.1, 0.15) is 5.54 Å². The average molecular weight is 336 g/mol. The van der Waals surface area contributed by atoms with Gasteiger partial charge in [-0.05, 0) is 25.5 Å². The van der Waals surface area contributed by atoms with Gasteiger partial charge < -0.3 is 10.4 Å². The van der Waals surface area contributed by atoms with E-state index in [0.717, 1.165) is 9.21 Å². The van der Waals surface area contributed by atoms with Crippen LogP contribution >= 0.6 is 34.7 Å². The fourth-order valence-corrected chi connectivity index (χ4v) is 3.77. The third-order valence-electron chi connectivity index (χ3n) is 2.74. The van der Waals surface area contributed by atoms with Gasteiger partial charge in [0.15, 0.2) is 0 Å². The average Bonchev–Trinajstić information content (AvgIpc) is 2.75. The molecule has 0 aromatic carbocycles. The molecule has 1 amide bonds. The maximum absolute atomic E-state index is 11.8. The van der Waals surface area contributed by atoms with Crippen molar-refractivity contribution in [3.05, 3.63) is 21.3 Å². The topological polar surface area (TPSA) is 66.4 Å². The molecule has 20 heavy (non-hydrogen) atoms. The number of hydrogen-bond donors (Lipinski definition) is 2. The smallest absolute Gasteiger partial charge is 0.329 e. The molecule has 0 fully saturated rings. The number of amides is 1. The van der Waals surface area contributed by atoms with Gasteiger partial charge in [0.05, 0.1) is 10.1 Å². The molecule has 0 aliphatic rings. The van der Waals surface area contributed by atoms with Crippen LogP contribution in [-0.4, -0.2) is 28.3 Å². The fourth-order valence-electron chi connectivity index (χ4n) is 1.74. The van der Waals surface area contributed by atoms with Crippen LogP contribution in [0.1, 0.15) is 31.6 Å². The van der Waals surface area contributed by atoms with Crippen molar-refractivity contribution in [3.63, 3.8) is 0 Å². The lowest BCUT2D eigenvalue weighted by Gasteiger charge is -2.25. The molecular formula is C13H18ClNO3S2. The summed E-state index contributed by atoms with van der Waals surface area (Å²) in [7, 11) is 0. The lowest BCUT2D eigenvalue weighted by atomic mass is 9.96. The van der Waals surface area contributed by atoms with Gasteiger partial charge in [0, 0.05) is 10.6 Å². The van der Waals surface area contributed by atoms with Crippen molar-refractivity contribution in [2.24, 2.45) is 0 Å². The Kier molecular flexibility index (Phi) is 6.85. The van der Waals surface area contributed by atoms with Gasteiger partial charge in [-0.3, -0.25) is 4.79 Å². The first-order chi connectivity index (χ1) is 9.37. The summed E-state index contributed by atoms with van der Waals surface area (Å²) in [5, 5.41) is 11.8. The van der Waals surface area contributed by atoms with Crippen molar-refractivity contribution in [2.45, 2.75) is 38.0 Å². The van der Waals surface area contributed by atoms with Crippen LogP contribution in [0.2, 0.25) is 4.34 Å².